The molecule has 0 aliphatic carbocycles. The molecule has 0 radical (unpaired) electrons. The van der Waals surface area contributed by atoms with Crippen LogP contribution in [0.5, 0.6) is 5.88 Å². The minimum Gasteiger partial charge on any atom is -0.481 e. The van der Waals surface area contributed by atoms with Crippen LogP contribution in [-0.4, -0.2) is 46.2 Å². The Bertz CT molecular complexity index is 2530. The summed E-state index contributed by atoms with van der Waals surface area (Å²) in [4.78, 5) is 37.2. The first kappa shape index (κ1) is 39.4. The SMILES string of the molecule is COC(=O)c1cc(-c2nc(-c3ccc(Cl)c(Cl)c3)cs2)ccc1Br.COc1ncccc1-c1ccc(-c2nc(-c3ccc(Cl)c(Cl)c3)cs2)cc1C(=O)O. The number of carbonyl (C=O) groups excluding carboxylic acids is 1. The van der Waals surface area contributed by atoms with Crippen LogP contribution < -0.4 is 4.74 Å². The van der Waals surface area contributed by atoms with Gasteiger partial charge in [0.05, 0.1) is 56.8 Å². The number of aromatic carboxylic acids is 1. The van der Waals surface area contributed by atoms with Crippen molar-refractivity contribution in [3.8, 4) is 60.7 Å². The van der Waals surface area contributed by atoms with Crippen LogP contribution in [0.1, 0.15) is 20.7 Å². The Morgan fingerprint density at radius 3 is 1.72 bits per heavy atom. The van der Waals surface area contributed by atoms with Gasteiger partial charge in [-0.05, 0) is 70.5 Å². The third-order valence-electron chi connectivity index (χ3n) is 7.81. The summed E-state index contributed by atoms with van der Waals surface area (Å²) < 4.78 is 10.8. The molecule has 272 valence electrons. The van der Waals surface area contributed by atoms with Crippen molar-refractivity contribution in [2.75, 3.05) is 14.2 Å². The zero-order chi connectivity index (χ0) is 38.5. The van der Waals surface area contributed by atoms with E-state index < -0.39 is 11.9 Å². The summed E-state index contributed by atoms with van der Waals surface area (Å²) in [7, 11) is 2.86. The molecule has 0 fully saturated rings. The average molecular weight is 900 g/mol. The number of aromatic nitrogens is 3. The number of hydrogen-bond donors (Lipinski definition) is 1. The maximum absolute atomic E-state index is 12.0. The highest BCUT2D eigenvalue weighted by Crippen LogP contribution is 2.37. The van der Waals surface area contributed by atoms with Gasteiger partial charge in [0, 0.05) is 54.8 Å². The summed E-state index contributed by atoms with van der Waals surface area (Å²) in [6, 6.07) is 24.9. The van der Waals surface area contributed by atoms with Gasteiger partial charge < -0.3 is 14.6 Å². The fourth-order valence-corrected chi connectivity index (χ4v) is 7.82. The Hall–Kier alpha value is -4.33. The van der Waals surface area contributed by atoms with Gasteiger partial charge in [-0.3, -0.25) is 0 Å². The lowest BCUT2D eigenvalue weighted by Gasteiger charge is -2.11. The normalized spacial score (nSPS) is 10.7. The Morgan fingerprint density at radius 1 is 0.667 bits per heavy atom. The molecular formula is C39H24BrCl4N3O5S2. The van der Waals surface area contributed by atoms with Crippen LogP contribution in [-0.2, 0) is 4.74 Å². The summed E-state index contributed by atoms with van der Waals surface area (Å²) in [6.07, 6.45) is 1.59. The third kappa shape index (κ3) is 8.79. The van der Waals surface area contributed by atoms with Crippen molar-refractivity contribution >= 4 is 96.9 Å². The van der Waals surface area contributed by atoms with Crippen molar-refractivity contribution in [2.24, 2.45) is 0 Å². The van der Waals surface area contributed by atoms with Crippen LogP contribution in [0.3, 0.4) is 0 Å². The molecule has 4 aromatic carbocycles. The summed E-state index contributed by atoms with van der Waals surface area (Å²) in [5.74, 6) is -1.08. The van der Waals surface area contributed by atoms with E-state index in [1.807, 2.05) is 41.1 Å². The van der Waals surface area contributed by atoms with Gasteiger partial charge in [-0.2, -0.15) is 0 Å². The van der Waals surface area contributed by atoms with Crippen LogP contribution in [0.25, 0.3) is 54.8 Å². The van der Waals surface area contributed by atoms with E-state index in [0.29, 0.717) is 57.7 Å². The van der Waals surface area contributed by atoms with Crippen molar-refractivity contribution in [3.63, 3.8) is 0 Å². The van der Waals surface area contributed by atoms with E-state index >= 15 is 0 Å². The second-order valence-corrected chi connectivity index (χ2v) is 15.3. The van der Waals surface area contributed by atoms with Gasteiger partial charge >= 0.3 is 11.9 Å². The molecule has 0 spiro atoms. The number of rotatable bonds is 8. The highest BCUT2D eigenvalue weighted by atomic mass is 79.9. The van der Waals surface area contributed by atoms with Gasteiger partial charge in [-0.25, -0.2) is 24.5 Å². The number of thiazole rings is 2. The maximum Gasteiger partial charge on any atom is 0.339 e. The number of carboxylic acids is 1. The molecule has 8 nitrogen and oxygen atoms in total. The van der Waals surface area contributed by atoms with E-state index in [0.717, 1.165) is 33.1 Å². The Labute approximate surface area is 346 Å². The number of halogens is 5. The second kappa shape index (κ2) is 17.4. The standard InChI is InChI=1S/C22H14Cl2N2O3S.C17H10BrCl2NO2S/c1-29-20-15(3-2-8-25-20)14-6-4-13(9-16(14)22(27)28)21-26-19(11-30-21)12-5-7-17(23)18(24)10-12;1-23-17(22)11-6-10(2-4-12(11)18)16-21-15(8-24-16)9-3-5-13(19)14(20)7-9/h2-11H,1H3,(H,27,28);2-8H,1H3. The lowest BCUT2D eigenvalue weighted by atomic mass is 9.98. The molecule has 7 aromatic rings. The Balaban J connectivity index is 0.000000189. The summed E-state index contributed by atoms with van der Waals surface area (Å²) >= 11 is 30.4. The molecule has 15 heteroatoms. The molecule has 1 N–H and O–H groups in total. The topological polar surface area (TPSA) is 112 Å². The van der Waals surface area contributed by atoms with Crippen LogP contribution in [0.15, 0.2) is 106 Å². The lowest BCUT2D eigenvalue weighted by molar-refractivity contribution is 0.0598. The van der Waals surface area contributed by atoms with Crippen molar-refractivity contribution in [3.05, 3.63) is 138 Å². The molecule has 0 aliphatic rings. The van der Waals surface area contributed by atoms with Crippen molar-refractivity contribution in [1.82, 2.24) is 15.0 Å². The molecule has 54 heavy (non-hydrogen) atoms. The smallest absolute Gasteiger partial charge is 0.339 e. The first-order valence-corrected chi connectivity index (χ1v) is 19.6. The molecule has 0 aliphatic heterocycles. The first-order chi connectivity index (χ1) is 26.0. The number of methoxy groups -OCH3 is 2. The number of hydrogen-bond acceptors (Lipinski definition) is 9. The molecule has 7 rings (SSSR count). The average Bonchev–Trinajstić information content (AvgIpc) is 3.89. The van der Waals surface area contributed by atoms with Crippen LogP contribution in [0, 0.1) is 0 Å². The highest BCUT2D eigenvalue weighted by molar-refractivity contribution is 9.10. The molecule has 0 saturated carbocycles. The second-order valence-electron chi connectivity index (χ2n) is 11.1. The van der Waals surface area contributed by atoms with Crippen molar-refractivity contribution < 1.29 is 24.2 Å². The summed E-state index contributed by atoms with van der Waals surface area (Å²) in [5, 5.41) is 17.0. The highest BCUT2D eigenvalue weighted by Gasteiger charge is 2.19. The molecule has 0 atom stereocenters. The molecule has 0 bridgehead atoms. The van der Waals surface area contributed by atoms with Crippen LogP contribution >= 0.6 is 85.0 Å². The number of nitrogens with zero attached hydrogens (tertiary/aromatic N) is 3. The van der Waals surface area contributed by atoms with Gasteiger partial charge in [0.1, 0.15) is 10.0 Å². The quantitative estimate of drug-likeness (QED) is 0.150. The van der Waals surface area contributed by atoms with E-state index in [9.17, 15) is 14.7 Å². The minimum absolute atomic E-state index is 0.144. The number of ether oxygens (including phenoxy) is 2. The van der Waals surface area contributed by atoms with E-state index in [4.69, 9.17) is 55.9 Å². The fraction of sp³-hybridized carbons (Fsp3) is 0.0513. The molecule has 3 heterocycles. The molecule has 0 saturated heterocycles. The van der Waals surface area contributed by atoms with E-state index in [1.54, 1.807) is 60.8 Å². The van der Waals surface area contributed by atoms with Crippen LogP contribution in [0.4, 0.5) is 0 Å². The van der Waals surface area contributed by atoms with Crippen LogP contribution in [0.2, 0.25) is 20.1 Å². The molecule has 0 amide bonds. The zero-order valence-corrected chi connectivity index (χ0v) is 34.2. The fourth-order valence-electron chi connectivity index (χ4n) is 5.16. The summed E-state index contributed by atoms with van der Waals surface area (Å²) in [6.45, 7) is 0. The monoisotopic (exact) mass is 897 g/mol. The number of carboxylic acid groups (broad SMARTS) is 1. The molecular weight excluding hydrogens is 876 g/mol. The molecule has 0 unspecified atom stereocenters. The minimum atomic E-state index is -1.04. The molecule has 3 aromatic heterocycles. The Morgan fingerprint density at radius 2 is 1.20 bits per heavy atom. The predicted octanol–water partition coefficient (Wildman–Crippen LogP) is 12.9. The Kier molecular flexibility index (Phi) is 12.7. The predicted molar refractivity (Wildman–Crippen MR) is 222 cm³/mol. The van der Waals surface area contributed by atoms with E-state index in [-0.39, 0.29) is 5.56 Å². The third-order valence-corrected chi connectivity index (χ3v) is 11.8. The van der Waals surface area contributed by atoms with Gasteiger partial charge in [-0.1, -0.05) is 76.7 Å². The van der Waals surface area contributed by atoms with Gasteiger partial charge in [0.2, 0.25) is 5.88 Å². The first-order valence-electron chi connectivity index (χ1n) is 15.5. The number of benzene rings is 4. The maximum atomic E-state index is 12.0. The summed E-state index contributed by atoms with van der Waals surface area (Å²) in [5.41, 5.74) is 6.55. The van der Waals surface area contributed by atoms with E-state index in [2.05, 4.69) is 30.9 Å². The lowest BCUT2D eigenvalue weighted by Crippen LogP contribution is -2.02. The number of pyridine rings is 1. The zero-order valence-electron chi connectivity index (χ0n) is 27.9. The number of esters is 1. The van der Waals surface area contributed by atoms with Gasteiger partial charge in [-0.15, -0.1) is 22.7 Å². The van der Waals surface area contributed by atoms with Crippen molar-refractivity contribution in [2.45, 2.75) is 0 Å². The van der Waals surface area contributed by atoms with Gasteiger partial charge in [0.15, 0.2) is 0 Å². The van der Waals surface area contributed by atoms with E-state index in [1.165, 1.54) is 36.9 Å². The number of carbonyl (C=O) groups is 2. The van der Waals surface area contributed by atoms with Crippen molar-refractivity contribution in [1.29, 1.82) is 0 Å². The van der Waals surface area contributed by atoms with Gasteiger partial charge in [0.25, 0.3) is 0 Å². The largest absolute Gasteiger partial charge is 0.481 e.